The molecule has 1 heterocycles. The van der Waals surface area contributed by atoms with Crippen LogP contribution in [-0.4, -0.2) is 22.1 Å². The number of rotatable bonds is 4. The van der Waals surface area contributed by atoms with E-state index in [-0.39, 0.29) is 11.9 Å². The number of nitrogens with zero attached hydrogens (tertiary/aromatic N) is 1. The minimum absolute atomic E-state index is 0.0875. The zero-order valence-corrected chi connectivity index (χ0v) is 8.45. The number of carbonyl (C=O) groups excluding carboxylic acids is 1. The third kappa shape index (κ3) is 3.18. The van der Waals surface area contributed by atoms with Crippen molar-refractivity contribution < 1.29 is 4.79 Å². The van der Waals surface area contributed by atoms with E-state index in [1.807, 2.05) is 13.8 Å². The molecular weight excluding hydrogens is 180 g/mol. The molecule has 78 valence electrons. The number of amides is 1. The molecule has 5 heteroatoms. The van der Waals surface area contributed by atoms with Crippen LogP contribution in [0.15, 0.2) is 12.3 Å². The molecule has 1 aromatic rings. The molecule has 14 heavy (non-hydrogen) atoms. The first-order valence-corrected chi connectivity index (χ1v) is 4.64. The van der Waals surface area contributed by atoms with Gasteiger partial charge in [0, 0.05) is 18.5 Å². The molecule has 0 saturated carbocycles. The summed E-state index contributed by atoms with van der Waals surface area (Å²) in [6, 6.07) is 1.59. The van der Waals surface area contributed by atoms with Gasteiger partial charge in [-0.2, -0.15) is 5.10 Å². The summed E-state index contributed by atoms with van der Waals surface area (Å²) in [5, 5.41) is 9.04. The van der Waals surface area contributed by atoms with E-state index in [1.54, 1.807) is 12.3 Å². The van der Waals surface area contributed by atoms with Gasteiger partial charge < -0.3 is 11.1 Å². The molecule has 0 saturated heterocycles. The summed E-state index contributed by atoms with van der Waals surface area (Å²) < 4.78 is 0. The predicted molar refractivity (Wildman–Crippen MR) is 54.6 cm³/mol. The van der Waals surface area contributed by atoms with Crippen molar-refractivity contribution in [1.29, 1.82) is 0 Å². The quantitative estimate of drug-likeness (QED) is 0.663. The van der Waals surface area contributed by atoms with E-state index in [0.717, 1.165) is 0 Å². The van der Waals surface area contributed by atoms with E-state index in [0.29, 0.717) is 18.2 Å². The molecule has 0 fully saturated rings. The fourth-order valence-corrected chi connectivity index (χ4v) is 0.977. The van der Waals surface area contributed by atoms with Gasteiger partial charge in [-0.3, -0.25) is 9.89 Å². The van der Waals surface area contributed by atoms with E-state index in [9.17, 15) is 4.79 Å². The second-order valence-corrected chi connectivity index (χ2v) is 3.63. The highest BCUT2D eigenvalue weighted by atomic mass is 16.1. The van der Waals surface area contributed by atoms with Crippen LogP contribution in [0.25, 0.3) is 0 Å². The molecule has 0 aliphatic carbocycles. The maximum absolute atomic E-state index is 11.4. The van der Waals surface area contributed by atoms with Crippen LogP contribution >= 0.6 is 0 Å². The van der Waals surface area contributed by atoms with Crippen LogP contribution in [-0.2, 0) is 4.79 Å². The van der Waals surface area contributed by atoms with E-state index in [4.69, 9.17) is 5.73 Å². The highest BCUT2D eigenvalue weighted by molar-refractivity contribution is 5.90. The summed E-state index contributed by atoms with van der Waals surface area (Å²) >= 11 is 0. The molecule has 1 unspecified atom stereocenters. The van der Waals surface area contributed by atoms with Gasteiger partial charge in [0.25, 0.3) is 0 Å². The summed E-state index contributed by atoms with van der Waals surface area (Å²) in [5.74, 6) is 0.823. The van der Waals surface area contributed by atoms with Crippen molar-refractivity contribution in [1.82, 2.24) is 10.2 Å². The van der Waals surface area contributed by atoms with Gasteiger partial charge in [0.1, 0.15) is 5.82 Å². The van der Waals surface area contributed by atoms with Crippen molar-refractivity contribution in [3.63, 3.8) is 0 Å². The van der Waals surface area contributed by atoms with E-state index in [1.165, 1.54) is 0 Å². The number of nitrogens with two attached hydrogens (primary N) is 1. The van der Waals surface area contributed by atoms with Crippen molar-refractivity contribution in [3.05, 3.63) is 12.3 Å². The lowest BCUT2D eigenvalue weighted by Crippen LogP contribution is -2.31. The lowest BCUT2D eigenvalue weighted by molar-refractivity contribution is -0.116. The van der Waals surface area contributed by atoms with Gasteiger partial charge in [0.05, 0.1) is 6.20 Å². The molecule has 0 bridgehead atoms. The van der Waals surface area contributed by atoms with Gasteiger partial charge in [-0.25, -0.2) is 0 Å². The second kappa shape index (κ2) is 4.76. The topological polar surface area (TPSA) is 83.8 Å². The monoisotopic (exact) mass is 196 g/mol. The largest absolute Gasteiger partial charge is 0.327 e. The van der Waals surface area contributed by atoms with E-state index in [2.05, 4.69) is 15.5 Å². The van der Waals surface area contributed by atoms with Crippen LogP contribution < -0.4 is 11.1 Å². The van der Waals surface area contributed by atoms with Gasteiger partial charge in [-0.05, 0) is 5.92 Å². The van der Waals surface area contributed by atoms with Crippen LogP contribution in [0, 0.1) is 5.92 Å². The summed E-state index contributed by atoms with van der Waals surface area (Å²) in [6.45, 7) is 3.99. The van der Waals surface area contributed by atoms with Crippen molar-refractivity contribution >= 4 is 11.7 Å². The molecule has 0 spiro atoms. The average Bonchev–Trinajstić information content (AvgIpc) is 2.56. The first-order chi connectivity index (χ1) is 6.59. The van der Waals surface area contributed by atoms with Gasteiger partial charge in [-0.15, -0.1) is 0 Å². The van der Waals surface area contributed by atoms with Crippen LogP contribution in [0.4, 0.5) is 5.82 Å². The minimum Gasteiger partial charge on any atom is -0.327 e. The third-order valence-corrected chi connectivity index (χ3v) is 2.05. The summed E-state index contributed by atoms with van der Waals surface area (Å²) in [5.41, 5.74) is 5.76. The summed E-state index contributed by atoms with van der Waals surface area (Å²) in [6.07, 6.45) is 1.91. The number of carbonyl (C=O) groups is 1. The lowest BCUT2D eigenvalue weighted by Gasteiger charge is -2.14. The Hall–Kier alpha value is -1.36. The maximum Gasteiger partial charge on any atom is 0.227 e. The van der Waals surface area contributed by atoms with Crippen LogP contribution in [0.5, 0.6) is 0 Å². The van der Waals surface area contributed by atoms with Crippen LogP contribution in [0.1, 0.15) is 20.3 Å². The molecule has 0 aliphatic rings. The first kappa shape index (κ1) is 10.7. The van der Waals surface area contributed by atoms with Crippen molar-refractivity contribution in [3.8, 4) is 0 Å². The predicted octanol–water partition coefficient (Wildman–Crippen LogP) is 0.722. The molecule has 0 aromatic carbocycles. The Bertz CT molecular complexity index is 281. The standard InChI is InChI=1S/C9H16N4O/c1-6(2)7(10)5-9(14)12-8-3-4-11-13-8/h3-4,6-7H,5,10H2,1-2H3,(H2,11,12,13,14). The van der Waals surface area contributed by atoms with Crippen molar-refractivity contribution in [2.75, 3.05) is 5.32 Å². The minimum atomic E-state index is -0.0991. The summed E-state index contributed by atoms with van der Waals surface area (Å²) in [4.78, 5) is 11.4. The molecule has 0 aliphatic heterocycles. The Morgan fingerprint density at radius 1 is 1.71 bits per heavy atom. The zero-order valence-electron chi connectivity index (χ0n) is 8.45. The van der Waals surface area contributed by atoms with Gasteiger partial charge in [-0.1, -0.05) is 13.8 Å². The highest BCUT2D eigenvalue weighted by Gasteiger charge is 2.12. The van der Waals surface area contributed by atoms with Gasteiger partial charge in [0.15, 0.2) is 0 Å². The maximum atomic E-state index is 11.4. The number of aromatic amines is 1. The Morgan fingerprint density at radius 3 is 2.93 bits per heavy atom. The number of aromatic nitrogens is 2. The molecule has 1 atom stereocenters. The molecule has 1 aromatic heterocycles. The summed E-state index contributed by atoms with van der Waals surface area (Å²) in [7, 11) is 0. The fourth-order valence-electron chi connectivity index (χ4n) is 0.977. The Labute approximate surface area is 83.1 Å². The first-order valence-electron chi connectivity index (χ1n) is 4.64. The zero-order chi connectivity index (χ0) is 10.6. The third-order valence-electron chi connectivity index (χ3n) is 2.05. The van der Waals surface area contributed by atoms with Crippen LogP contribution in [0.2, 0.25) is 0 Å². The van der Waals surface area contributed by atoms with E-state index < -0.39 is 0 Å². The molecule has 1 rings (SSSR count). The van der Waals surface area contributed by atoms with Crippen molar-refractivity contribution in [2.24, 2.45) is 11.7 Å². The van der Waals surface area contributed by atoms with Gasteiger partial charge in [0.2, 0.25) is 5.91 Å². The second-order valence-electron chi connectivity index (χ2n) is 3.63. The smallest absolute Gasteiger partial charge is 0.227 e. The number of anilines is 1. The molecular formula is C9H16N4O. The molecule has 0 radical (unpaired) electrons. The molecule has 1 amide bonds. The SMILES string of the molecule is CC(C)C(N)CC(=O)Nc1ccn[nH]1. The van der Waals surface area contributed by atoms with Gasteiger partial charge >= 0.3 is 0 Å². The van der Waals surface area contributed by atoms with E-state index >= 15 is 0 Å². The van der Waals surface area contributed by atoms with Crippen LogP contribution in [0.3, 0.4) is 0 Å². The Balaban J connectivity index is 2.36. The number of hydrogen-bond acceptors (Lipinski definition) is 3. The normalized spacial score (nSPS) is 12.9. The molecule has 4 N–H and O–H groups in total. The number of nitrogens with one attached hydrogen (secondary N) is 2. The number of H-pyrrole nitrogens is 1. The Kier molecular flexibility index (Phi) is 3.64. The number of hydrogen-bond donors (Lipinski definition) is 3. The average molecular weight is 196 g/mol. The fraction of sp³-hybridized carbons (Fsp3) is 0.556. The van der Waals surface area contributed by atoms with Crippen molar-refractivity contribution in [2.45, 2.75) is 26.3 Å². The highest BCUT2D eigenvalue weighted by Crippen LogP contribution is 2.05. The molecule has 5 nitrogen and oxygen atoms in total. The lowest BCUT2D eigenvalue weighted by atomic mass is 10.0. The Morgan fingerprint density at radius 2 is 2.43 bits per heavy atom.